The maximum atomic E-state index is 14.8. The Balaban J connectivity index is 0.000000867. The molecule has 40 heavy (non-hydrogen) atoms. The van der Waals surface area contributed by atoms with Crippen LogP contribution in [0.2, 0.25) is 0 Å². The fraction of sp³-hybridized carbons (Fsp3) is 0.250. The van der Waals surface area contributed by atoms with Gasteiger partial charge in [0.1, 0.15) is 23.2 Å². The molecule has 0 aromatic heterocycles. The summed E-state index contributed by atoms with van der Waals surface area (Å²) < 4.78 is 48.3. The van der Waals surface area contributed by atoms with E-state index in [-0.39, 0.29) is 11.6 Å². The van der Waals surface area contributed by atoms with Gasteiger partial charge in [0.05, 0.1) is 13.4 Å². The van der Waals surface area contributed by atoms with E-state index in [2.05, 4.69) is 0 Å². The number of halogens is 1. The third-order valence-electron chi connectivity index (χ3n) is 6.22. The van der Waals surface area contributed by atoms with E-state index in [0.717, 1.165) is 30.7 Å². The van der Waals surface area contributed by atoms with E-state index in [4.69, 9.17) is 34.5 Å². The number of hydrogen-bond acceptors (Lipinski definition) is 9. The van der Waals surface area contributed by atoms with Gasteiger partial charge in [-0.05, 0) is 59.5 Å². The van der Waals surface area contributed by atoms with Crippen LogP contribution in [0, 0.1) is 5.82 Å². The SMILES string of the molecule is CC(=O)O.COc1ccc(F)c(-c2cccc(C3(c4ccc(OS(C)(=O)=O)cc4)N=C(N)N4CCCN=C43)c2)c1. The summed E-state index contributed by atoms with van der Waals surface area (Å²) in [5, 5.41) is 7.42. The highest BCUT2D eigenvalue weighted by Crippen LogP contribution is 2.43. The number of ether oxygens (including phenoxy) is 1. The number of hydrogen-bond donors (Lipinski definition) is 2. The molecule has 0 spiro atoms. The van der Waals surface area contributed by atoms with Crippen molar-refractivity contribution in [1.82, 2.24) is 4.90 Å². The maximum Gasteiger partial charge on any atom is 0.306 e. The van der Waals surface area contributed by atoms with Crippen LogP contribution in [-0.4, -0.2) is 62.6 Å². The molecule has 1 unspecified atom stereocenters. The number of aliphatic carboxylic acids is 1. The zero-order valence-electron chi connectivity index (χ0n) is 22.2. The van der Waals surface area contributed by atoms with Crippen molar-refractivity contribution in [3.05, 3.63) is 83.7 Å². The summed E-state index contributed by atoms with van der Waals surface area (Å²) in [5.74, 6) is 0.518. The van der Waals surface area contributed by atoms with E-state index < -0.39 is 21.6 Å². The zero-order chi connectivity index (χ0) is 29.1. The van der Waals surface area contributed by atoms with E-state index in [1.807, 2.05) is 29.2 Å². The van der Waals surface area contributed by atoms with Gasteiger partial charge in [-0.2, -0.15) is 8.42 Å². The lowest BCUT2D eigenvalue weighted by Crippen LogP contribution is -2.46. The average molecular weight is 569 g/mol. The number of carboxylic acids is 1. The number of amidine groups is 1. The Labute approximate surface area is 231 Å². The van der Waals surface area contributed by atoms with Crippen LogP contribution >= 0.6 is 0 Å². The minimum absolute atomic E-state index is 0.181. The van der Waals surface area contributed by atoms with Crippen molar-refractivity contribution in [2.24, 2.45) is 15.7 Å². The normalized spacial score (nSPS) is 18.1. The van der Waals surface area contributed by atoms with Crippen LogP contribution in [-0.2, 0) is 20.5 Å². The molecule has 0 radical (unpaired) electrons. The molecule has 0 aliphatic carbocycles. The van der Waals surface area contributed by atoms with Crippen LogP contribution in [0.3, 0.4) is 0 Å². The van der Waals surface area contributed by atoms with Crippen molar-refractivity contribution in [1.29, 1.82) is 0 Å². The Morgan fingerprint density at radius 3 is 2.40 bits per heavy atom. The van der Waals surface area contributed by atoms with Crippen molar-refractivity contribution in [2.75, 3.05) is 26.5 Å². The fourth-order valence-corrected chi connectivity index (χ4v) is 5.13. The van der Waals surface area contributed by atoms with Gasteiger partial charge in [-0.1, -0.05) is 30.3 Å². The van der Waals surface area contributed by atoms with Crippen LogP contribution in [0.15, 0.2) is 76.7 Å². The molecule has 12 heteroatoms. The van der Waals surface area contributed by atoms with Crippen molar-refractivity contribution >= 4 is 27.9 Å². The lowest BCUT2D eigenvalue weighted by Gasteiger charge is -2.33. The first-order valence-corrected chi connectivity index (χ1v) is 14.1. The first-order chi connectivity index (χ1) is 18.9. The Morgan fingerprint density at radius 1 is 1.07 bits per heavy atom. The van der Waals surface area contributed by atoms with Gasteiger partial charge in [-0.3, -0.25) is 14.7 Å². The number of guanidine groups is 1. The van der Waals surface area contributed by atoms with Gasteiger partial charge in [-0.25, -0.2) is 9.38 Å². The lowest BCUT2D eigenvalue weighted by molar-refractivity contribution is -0.134. The molecule has 2 aliphatic heterocycles. The molecule has 3 aromatic carbocycles. The number of fused-ring (bicyclic) bond motifs is 1. The number of nitrogens with zero attached hydrogens (tertiary/aromatic N) is 3. The Kier molecular flexibility index (Phi) is 8.10. The molecule has 3 aromatic rings. The second-order valence-corrected chi connectivity index (χ2v) is 10.7. The number of carbonyl (C=O) groups is 1. The van der Waals surface area contributed by atoms with E-state index >= 15 is 0 Å². The van der Waals surface area contributed by atoms with Crippen molar-refractivity contribution in [3.8, 4) is 22.6 Å². The minimum atomic E-state index is -3.68. The number of nitrogens with two attached hydrogens (primary N) is 1. The first-order valence-electron chi connectivity index (χ1n) is 12.3. The van der Waals surface area contributed by atoms with Crippen molar-refractivity contribution in [2.45, 2.75) is 18.9 Å². The predicted octanol–water partition coefficient (Wildman–Crippen LogP) is 3.61. The Hall–Kier alpha value is -4.45. The van der Waals surface area contributed by atoms with Gasteiger partial charge in [0, 0.05) is 25.6 Å². The zero-order valence-corrected chi connectivity index (χ0v) is 23.0. The molecular formula is C28H29FN4O6S. The fourth-order valence-electron chi connectivity index (χ4n) is 4.66. The Bertz CT molecular complexity index is 1590. The summed E-state index contributed by atoms with van der Waals surface area (Å²) in [6, 6.07) is 18.7. The topological polar surface area (TPSA) is 144 Å². The molecule has 0 amide bonds. The van der Waals surface area contributed by atoms with E-state index in [0.29, 0.717) is 41.8 Å². The quantitative estimate of drug-likeness (QED) is 0.429. The van der Waals surface area contributed by atoms with Gasteiger partial charge >= 0.3 is 10.1 Å². The molecule has 5 rings (SSSR count). The molecule has 10 nitrogen and oxygen atoms in total. The summed E-state index contributed by atoms with van der Waals surface area (Å²) in [5.41, 5.74) is 7.77. The van der Waals surface area contributed by atoms with Crippen LogP contribution in [0.1, 0.15) is 24.5 Å². The van der Waals surface area contributed by atoms with Crippen LogP contribution in [0.5, 0.6) is 11.5 Å². The highest BCUT2D eigenvalue weighted by Gasteiger charge is 2.49. The van der Waals surface area contributed by atoms with Gasteiger partial charge in [0.2, 0.25) is 0 Å². The number of aliphatic imine (C=N–C) groups is 2. The maximum absolute atomic E-state index is 14.8. The van der Waals surface area contributed by atoms with Crippen LogP contribution in [0.4, 0.5) is 4.39 Å². The van der Waals surface area contributed by atoms with Gasteiger partial charge in [0.25, 0.3) is 5.97 Å². The highest BCUT2D eigenvalue weighted by molar-refractivity contribution is 7.86. The summed E-state index contributed by atoms with van der Waals surface area (Å²) in [7, 11) is -2.14. The largest absolute Gasteiger partial charge is 0.497 e. The Morgan fingerprint density at radius 2 is 1.75 bits per heavy atom. The third kappa shape index (κ3) is 5.91. The number of carboxylic acid groups (broad SMARTS) is 1. The molecule has 3 N–H and O–H groups in total. The summed E-state index contributed by atoms with van der Waals surface area (Å²) in [4.78, 5) is 20.6. The van der Waals surface area contributed by atoms with E-state index in [9.17, 15) is 12.8 Å². The number of methoxy groups -OCH3 is 1. The van der Waals surface area contributed by atoms with Gasteiger partial charge in [-0.15, -0.1) is 0 Å². The molecule has 2 heterocycles. The standard InChI is InChI=1S/C26H25FN4O4S.C2H4O2/c1-34-21-11-12-23(27)22(16-21)17-5-3-6-19(15-17)26(24-29-13-4-14-31(24)25(28)30-26)18-7-9-20(10-8-18)35-36(2,32)33;1-2(3)4/h3,5-12,15-16H,4,13-14H2,1-2H3,(H2,28,30);1H3,(H,3,4). The lowest BCUT2D eigenvalue weighted by atomic mass is 9.81. The van der Waals surface area contributed by atoms with Crippen molar-refractivity contribution in [3.63, 3.8) is 0 Å². The summed E-state index contributed by atoms with van der Waals surface area (Å²) >= 11 is 0. The second-order valence-electron chi connectivity index (χ2n) is 9.15. The van der Waals surface area contributed by atoms with Crippen molar-refractivity contribution < 1.29 is 31.6 Å². The van der Waals surface area contributed by atoms with Gasteiger partial charge in [0.15, 0.2) is 11.5 Å². The van der Waals surface area contributed by atoms with Crippen LogP contribution in [0.25, 0.3) is 11.1 Å². The van der Waals surface area contributed by atoms with Gasteiger partial charge < -0.3 is 19.8 Å². The number of benzene rings is 3. The molecular weight excluding hydrogens is 539 g/mol. The third-order valence-corrected chi connectivity index (χ3v) is 6.72. The van der Waals surface area contributed by atoms with E-state index in [1.165, 1.54) is 13.2 Å². The summed E-state index contributed by atoms with van der Waals surface area (Å²) in [6.45, 7) is 2.38. The molecule has 2 aliphatic rings. The van der Waals surface area contributed by atoms with Crippen LogP contribution < -0.4 is 14.7 Å². The smallest absolute Gasteiger partial charge is 0.306 e. The number of rotatable bonds is 6. The molecule has 0 fully saturated rings. The highest BCUT2D eigenvalue weighted by atomic mass is 32.2. The molecule has 1 atom stereocenters. The molecule has 0 saturated carbocycles. The minimum Gasteiger partial charge on any atom is -0.497 e. The first kappa shape index (κ1) is 28.6. The average Bonchev–Trinajstić information content (AvgIpc) is 3.22. The molecule has 0 saturated heterocycles. The molecule has 0 bridgehead atoms. The molecule has 210 valence electrons. The second kappa shape index (κ2) is 11.3. The van der Waals surface area contributed by atoms with E-state index in [1.54, 1.807) is 36.4 Å². The summed E-state index contributed by atoms with van der Waals surface area (Å²) in [6.07, 6.45) is 1.83. The monoisotopic (exact) mass is 568 g/mol. The predicted molar refractivity (Wildman–Crippen MR) is 150 cm³/mol.